The van der Waals surface area contributed by atoms with Crippen molar-refractivity contribution in [3.05, 3.63) is 0 Å². The van der Waals surface area contributed by atoms with Gasteiger partial charge >= 0.3 is 0 Å². The number of aliphatic hydroxyl groups excluding tert-OH is 1. The van der Waals surface area contributed by atoms with Gasteiger partial charge in [0.2, 0.25) is 5.91 Å². The van der Waals surface area contributed by atoms with Gasteiger partial charge in [-0.25, -0.2) is 0 Å². The van der Waals surface area contributed by atoms with E-state index in [2.05, 4.69) is 10.2 Å². The van der Waals surface area contributed by atoms with Crippen LogP contribution in [0.15, 0.2) is 0 Å². The van der Waals surface area contributed by atoms with E-state index >= 15 is 0 Å². The van der Waals surface area contributed by atoms with Gasteiger partial charge in [0, 0.05) is 26.7 Å². The Morgan fingerprint density at radius 1 is 1.65 bits per heavy atom. The quantitative estimate of drug-likeness (QED) is 0.660. The predicted molar refractivity (Wildman–Crippen MR) is 65.7 cm³/mol. The third-order valence-corrected chi connectivity index (χ3v) is 3.42. The number of nitrogens with one attached hydrogen (secondary N) is 1. The van der Waals surface area contributed by atoms with E-state index in [-0.39, 0.29) is 24.0 Å². The zero-order valence-electron chi connectivity index (χ0n) is 11.0. The number of nitrogens with zero attached hydrogens (tertiary/aromatic N) is 1. The first-order valence-electron chi connectivity index (χ1n) is 6.25. The summed E-state index contributed by atoms with van der Waals surface area (Å²) < 4.78 is 4.89. The Kier molecular flexibility index (Phi) is 5.88. The molecule has 1 aliphatic rings. The third kappa shape index (κ3) is 4.26. The Morgan fingerprint density at radius 3 is 2.94 bits per heavy atom. The molecular weight excluding hydrogens is 220 g/mol. The van der Waals surface area contributed by atoms with E-state index in [1.807, 2.05) is 13.8 Å². The molecule has 0 aromatic heterocycles. The topological polar surface area (TPSA) is 61.8 Å². The van der Waals surface area contributed by atoms with Crippen molar-refractivity contribution in [2.45, 2.75) is 32.4 Å². The number of rotatable bonds is 5. The van der Waals surface area contributed by atoms with Crippen LogP contribution in [0.2, 0.25) is 0 Å². The van der Waals surface area contributed by atoms with Gasteiger partial charge in [-0.1, -0.05) is 6.92 Å². The molecule has 100 valence electrons. The molecule has 1 aliphatic heterocycles. The van der Waals surface area contributed by atoms with Crippen LogP contribution in [-0.4, -0.2) is 61.4 Å². The first kappa shape index (κ1) is 14.4. The van der Waals surface area contributed by atoms with Crippen LogP contribution in [0.25, 0.3) is 0 Å². The molecular formula is C12H24N2O3. The van der Waals surface area contributed by atoms with Crippen molar-refractivity contribution in [2.24, 2.45) is 5.92 Å². The van der Waals surface area contributed by atoms with E-state index in [0.29, 0.717) is 13.2 Å². The van der Waals surface area contributed by atoms with Crippen LogP contribution in [0, 0.1) is 5.92 Å². The normalized spacial score (nSPS) is 27.8. The molecule has 1 rings (SSSR count). The highest BCUT2D eigenvalue weighted by atomic mass is 16.5. The van der Waals surface area contributed by atoms with Gasteiger partial charge in [-0.2, -0.15) is 0 Å². The van der Waals surface area contributed by atoms with Gasteiger partial charge in [0.05, 0.1) is 18.8 Å². The average Bonchev–Trinajstić information content (AvgIpc) is 2.32. The first-order valence-corrected chi connectivity index (χ1v) is 6.25. The lowest BCUT2D eigenvalue weighted by atomic mass is 9.95. The molecule has 5 nitrogen and oxygen atoms in total. The second-order valence-electron chi connectivity index (χ2n) is 4.79. The average molecular weight is 244 g/mol. The zero-order chi connectivity index (χ0) is 12.8. The van der Waals surface area contributed by atoms with E-state index in [4.69, 9.17) is 4.74 Å². The number of carbonyl (C=O) groups excluding carboxylic acids is 1. The minimum Gasteiger partial charge on any atom is -0.393 e. The second-order valence-corrected chi connectivity index (χ2v) is 4.79. The molecule has 0 bridgehead atoms. The molecule has 3 unspecified atom stereocenters. The molecule has 1 amide bonds. The van der Waals surface area contributed by atoms with Gasteiger partial charge < -0.3 is 15.2 Å². The molecule has 0 saturated carbocycles. The summed E-state index contributed by atoms with van der Waals surface area (Å²) >= 11 is 0. The van der Waals surface area contributed by atoms with Gasteiger partial charge in [-0.3, -0.25) is 9.69 Å². The lowest BCUT2D eigenvalue weighted by molar-refractivity contribution is -0.127. The highest BCUT2D eigenvalue weighted by molar-refractivity contribution is 5.81. The van der Waals surface area contributed by atoms with Crippen molar-refractivity contribution >= 4 is 5.91 Å². The van der Waals surface area contributed by atoms with Crippen molar-refractivity contribution in [1.29, 1.82) is 0 Å². The maximum Gasteiger partial charge on any atom is 0.237 e. The number of likely N-dealkylation sites (tertiary alicyclic amines) is 1. The van der Waals surface area contributed by atoms with Gasteiger partial charge in [-0.05, 0) is 19.3 Å². The van der Waals surface area contributed by atoms with Crippen molar-refractivity contribution in [3.63, 3.8) is 0 Å². The van der Waals surface area contributed by atoms with E-state index in [0.717, 1.165) is 19.5 Å². The van der Waals surface area contributed by atoms with Crippen LogP contribution in [0.3, 0.4) is 0 Å². The molecule has 0 radical (unpaired) electrons. The predicted octanol–water partition coefficient (Wildman–Crippen LogP) is -0.160. The van der Waals surface area contributed by atoms with Crippen LogP contribution in [0.1, 0.15) is 20.3 Å². The van der Waals surface area contributed by atoms with Crippen LogP contribution < -0.4 is 5.32 Å². The van der Waals surface area contributed by atoms with Gasteiger partial charge in [0.1, 0.15) is 0 Å². The number of amides is 1. The third-order valence-electron chi connectivity index (χ3n) is 3.42. The molecule has 5 heteroatoms. The van der Waals surface area contributed by atoms with Crippen LogP contribution in [0.5, 0.6) is 0 Å². The number of piperidine rings is 1. The Morgan fingerprint density at radius 2 is 2.35 bits per heavy atom. The monoisotopic (exact) mass is 244 g/mol. The van der Waals surface area contributed by atoms with Crippen molar-refractivity contribution in [2.75, 3.05) is 33.4 Å². The molecule has 3 atom stereocenters. The fourth-order valence-corrected chi connectivity index (χ4v) is 2.11. The number of ether oxygens (including phenoxy) is 1. The zero-order valence-corrected chi connectivity index (χ0v) is 11.0. The highest BCUT2D eigenvalue weighted by Crippen LogP contribution is 2.18. The minimum absolute atomic E-state index is 0.0330. The number of aliphatic hydroxyl groups is 1. The Hall–Kier alpha value is -0.650. The highest BCUT2D eigenvalue weighted by Gasteiger charge is 2.29. The molecule has 0 aromatic rings. The maximum atomic E-state index is 11.8. The molecule has 1 saturated heterocycles. The minimum atomic E-state index is -0.227. The van der Waals surface area contributed by atoms with Crippen LogP contribution in [0.4, 0.5) is 0 Å². The summed E-state index contributed by atoms with van der Waals surface area (Å²) in [5.74, 6) is 0.267. The fourth-order valence-electron chi connectivity index (χ4n) is 2.11. The van der Waals surface area contributed by atoms with E-state index in [9.17, 15) is 9.90 Å². The second kappa shape index (κ2) is 6.93. The summed E-state index contributed by atoms with van der Waals surface area (Å²) in [5, 5.41) is 12.5. The summed E-state index contributed by atoms with van der Waals surface area (Å²) in [6.45, 7) is 6.57. The SMILES string of the molecule is COCCNC(=O)C(C)N1CCC(O)C(C)C1. The molecule has 1 heterocycles. The number of hydrogen-bond acceptors (Lipinski definition) is 4. The molecule has 0 spiro atoms. The molecule has 2 N–H and O–H groups in total. The maximum absolute atomic E-state index is 11.8. The smallest absolute Gasteiger partial charge is 0.237 e. The summed E-state index contributed by atoms with van der Waals surface area (Å²) in [7, 11) is 1.61. The van der Waals surface area contributed by atoms with Gasteiger partial charge in [0.15, 0.2) is 0 Å². The number of hydrogen-bond donors (Lipinski definition) is 2. The van der Waals surface area contributed by atoms with Crippen molar-refractivity contribution in [3.8, 4) is 0 Å². The Balaban J connectivity index is 2.36. The summed E-state index contributed by atoms with van der Waals surface area (Å²) in [4.78, 5) is 14.0. The Bertz CT molecular complexity index is 248. The first-order chi connectivity index (χ1) is 8.06. The molecule has 0 aromatic carbocycles. The summed E-state index contributed by atoms with van der Waals surface area (Å²) in [6, 6.07) is -0.137. The van der Waals surface area contributed by atoms with Crippen molar-refractivity contribution < 1.29 is 14.6 Å². The van der Waals surface area contributed by atoms with Crippen LogP contribution >= 0.6 is 0 Å². The van der Waals surface area contributed by atoms with Gasteiger partial charge in [0.25, 0.3) is 0 Å². The lowest BCUT2D eigenvalue weighted by Gasteiger charge is -2.37. The number of methoxy groups -OCH3 is 1. The molecule has 0 aliphatic carbocycles. The van der Waals surface area contributed by atoms with Crippen molar-refractivity contribution in [1.82, 2.24) is 10.2 Å². The van der Waals surface area contributed by atoms with Crippen LogP contribution in [-0.2, 0) is 9.53 Å². The van der Waals surface area contributed by atoms with E-state index < -0.39 is 0 Å². The summed E-state index contributed by atoms with van der Waals surface area (Å²) in [6.07, 6.45) is 0.520. The summed E-state index contributed by atoms with van der Waals surface area (Å²) in [5.41, 5.74) is 0. The lowest BCUT2D eigenvalue weighted by Crippen LogP contribution is -2.51. The van der Waals surface area contributed by atoms with E-state index in [1.165, 1.54) is 0 Å². The van der Waals surface area contributed by atoms with Gasteiger partial charge in [-0.15, -0.1) is 0 Å². The largest absolute Gasteiger partial charge is 0.393 e. The standard InChI is InChI=1S/C12H24N2O3/c1-9-8-14(6-4-11(9)15)10(2)12(16)13-5-7-17-3/h9-11,15H,4-8H2,1-3H3,(H,13,16). The molecule has 1 fully saturated rings. The fraction of sp³-hybridized carbons (Fsp3) is 0.917. The van der Waals surface area contributed by atoms with E-state index in [1.54, 1.807) is 7.11 Å². The Labute approximate surface area is 103 Å². The number of carbonyl (C=O) groups is 1. The molecule has 17 heavy (non-hydrogen) atoms.